The lowest BCUT2D eigenvalue weighted by atomic mass is 9.67. The van der Waals surface area contributed by atoms with Gasteiger partial charge in [0.1, 0.15) is 11.2 Å². The Morgan fingerprint density at radius 1 is 0.462 bits per heavy atom. The van der Waals surface area contributed by atoms with E-state index in [4.69, 9.17) is 38.5 Å². The van der Waals surface area contributed by atoms with Crippen LogP contribution >= 0.6 is 15.6 Å². The molecule has 8 N–H and O–H groups in total. The first-order chi connectivity index (χ1) is 18.1. The molecule has 0 aliphatic heterocycles. The first-order valence-electron chi connectivity index (χ1n) is 11.4. The predicted molar refractivity (Wildman–Crippen MR) is 145 cm³/mol. The number of rotatable bonds is 6. The van der Waals surface area contributed by atoms with E-state index in [0.29, 0.717) is 16.7 Å². The van der Waals surface area contributed by atoms with E-state index < -0.39 is 26.8 Å². The lowest BCUT2D eigenvalue weighted by molar-refractivity contribution is -0.140. The zero-order chi connectivity index (χ0) is 29.2. The van der Waals surface area contributed by atoms with Crippen molar-refractivity contribution in [1.29, 1.82) is 0 Å². The summed E-state index contributed by atoms with van der Waals surface area (Å²) in [5.74, 6) is 0. The van der Waals surface area contributed by atoms with E-state index in [-0.39, 0.29) is 6.42 Å². The summed E-state index contributed by atoms with van der Waals surface area (Å²) < 4.78 is 17.8. The fraction of sp³-hybridized carbons (Fsp3) is 0.111. The molecule has 0 amide bonds. The van der Waals surface area contributed by atoms with Crippen LogP contribution in [0.25, 0.3) is 0 Å². The van der Waals surface area contributed by atoms with Gasteiger partial charge in [0.25, 0.3) is 0 Å². The summed E-state index contributed by atoms with van der Waals surface area (Å²) in [4.78, 5) is 43.1. The quantitative estimate of drug-likeness (QED) is 0.158. The molecule has 39 heavy (non-hydrogen) atoms. The minimum atomic E-state index is -4.64. The predicted octanol–water partition coefficient (Wildman–Crippen LogP) is 3.20. The molecule has 0 saturated carbocycles. The summed E-state index contributed by atoms with van der Waals surface area (Å²) in [5.41, 5.74) is -0.324. The lowest BCUT2D eigenvalue weighted by Gasteiger charge is -2.45. The first kappa shape index (κ1) is 32.2. The summed E-state index contributed by atoms with van der Waals surface area (Å²) in [5, 5.41) is 24.6. The highest BCUT2D eigenvalue weighted by Crippen LogP contribution is 2.47. The molecule has 4 aromatic carbocycles. The van der Waals surface area contributed by atoms with Gasteiger partial charge in [-0.25, -0.2) is 9.13 Å². The second-order valence-corrected chi connectivity index (χ2v) is 10.4. The smallest absolute Gasteiger partial charge is 0.381 e. The zero-order valence-electron chi connectivity index (χ0n) is 20.5. The van der Waals surface area contributed by atoms with Crippen LogP contribution in [0.2, 0.25) is 0 Å². The molecule has 4 aromatic rings. The molecule has 0 spiro atoms. The Morgan fingerprint density at radius 2 is 0.718 bits per heavy atom. The zero-order valence-corrected chi connectivity index (χ0v) is 22.3. The summed E-state index contributed by atoms with van der Waals surface area (Å²) >= 11 is 0. The van der Waals surface area contributed by atoms with Gasteiger partial charge in [0.15, 0.2) is 0 Å². The number of hydrogen-bond acceptors (Lipinski definition) is 4. The molecular weight excluding hydrogens is 546 g/mol. The molecular formula is C27H30O10P2. The topological polar surface area (TPSA) is 196 Å². The van der Waals surface area contributed by atoms with E-state index in [9.17, 15) is 10.2 Å². The molecule has 4 rings (SSSR count). The van der Waals surface area contributed by atoms with Crippen LogP contribution in [0.5, 0.6) is 0 Å². The van der Waals surface area contributed by atoms with Gasteiger partial charge in [0.2, 0.25) is 0 Å². The third-order valence-corrected chi connectivity index (χ3v) is 5.54. The fourth-order valence-electron chi connectivity index (χ4n) is 4.05. The number of hydrogen-bond donors (Lipinski definition) is 8. The van der Waals surface area contributed by atoms with Crippen LogP contribution in [-0.4, -0.2) is 39.6 Å². The third-order valence-electron chi connectivity index (χ3n) is 5.54. The molecule has 12 heteroatoms. The minimum absolute atomic E-state index is 0.262. The maximum absolute atomic E-state index is 12.3. The fourth-order valence-corrected chi connectivity index (χ4v) is 4.05. The Balaban J connectivity index is 0.000000458. The van der Waals surface area contributed by atoms with Crippen molar-refractivity contribution in [2.45, 2.75) is 17.6 Å². The molecule has 1 atom stereocenters. The average Bonchev–Trinajstić information content (AvgIpc) is 2.88. The minimum Gasteiger partial charge on any atom is -0.381 e. The van der Waals surface area contributed by atoms with E-state index in [2.05, 4.69) is 0 Å². The van der Waals surface area contributed by atoms with Gasteiger partial charge in [-0.15, -0.1) is 0 Å². The second kappa shape index (κ2) is 13.9. The van der Waals surface area contributed by atoms with Crippen molar-refractivity contribution in [2.24, 2.45) is 0 Å². The van der Waals surface area contributed by atoms with Crippen LogP contribution in [0, 0.1) is 0 Å². The van der Waals surface area contributed by atoms with Gasteiger partial charge in [-0.2, -0.15) is 0 Å². The van der Waals surface area contributed by atoms with Gasteiger partial charge in [-0.3, -0.25) is 0 Å². The Kier molecular flexibility index (Phi) is 11.5. The molecule has 0 radical (unpaired) electrons. The van der Waals surface area contributed by atoms with Crippen LogP contribution in [0.1, 0.15) is 22.3 Å². The van der Waals surface area contributed by atoms with Crippen LogP contribution < -0.4 is 0 Å². The Hall–Kier alpha value is -2.98. The molecule has 0 bridgehead atoms. The van der Waals surface area contributed by atoms with Gasteiger partial charge in [0, 0.05) is 6.42 Å². The van der Waals surface area contributed by atoms with Gasteiger partial charge >= 0.3 is 15.6 Å². The van der Waals surface area contributed by atoms with Gasteiger partial charge in [-0.05, 0) is 22.3 Å². The lowest BCUT2D eigenvalue weighted by Crippen LogP contribution is -2.51. The Morgan fingerprint density at radius 3 is 1.03 bits per heavy atom. The van der Waals surface area contributed by atoms with Crippen molar-refractivity contribution in [2.75, 3.05) is 0 Å². The molecule has 1 unspecified atom stereocenters. The van der Waals surface area contributed by atoms with Crippen LogP contribution in [0.15, 0.2) is 121 Å². The SMILES string of the molecule is O=P(O)(O)O.O=P(O)(O)O.OC(Cc1ccccc1)(c1ccccc1)C(O)(c1ccccc1)c1ccccc1. The summed E-state index contributed by atoms with van der Waals surface area (Å²) in [6.07, 6.45) is 0.262. The van der Waals surface area contributed by atoms with E-state index in [0.717, 1.165) is 5.56 Å². The molecule has 0 heterocycles. The van der Waals surface area contributed by atoms with Crippen molar-refractivity contribution in [3.8, 4) is 0 Å². The van der Waals surface area contributed by atoms with Crippen molar-refractivity contribution in [3.05, 3.63) is 144 Å². The van der Waals surface area contributed by atoms with Crippen molar-refractivity contribution >= 4 is 15.6 Å². The monoisotopic (exact) mass is 576 g/mol. The normalized spacial score (nSPS) is 13.1. The molecule has 208 valence electrons. The van der Waals surface area contributed by atoms with Gasteiger partial charge in [0.05, 0.1) is 0 Å². The Bertz CT molecular complexity index is 1290. The van der Waals surface area contributed by atoms with Crippen molar-refractivity contribution in [1.82, 2.24) is 0 Å². The highest BCUT2D eigenvalue weighted by Gasteiger charge is 2.52. The second-order valence-electron chi connectivity index (χ2n) is 8.36. The number of benzene rings is 4. The van der Waals surface area contributed by atoms with E-state index >= 15 is 0 Å². The van der Waals surface area contributed by atoms with Gasteiger partial charge in [-0.1, -0.05) is 121 Å². The molecule has 10 nitrogen and oxygen atoms in total. The first-order valence-corrected chi connectivity index (χ1v) is 14.5. The molecule has 0 aliphatic carbocycles. The van der Waals surface area contributed by atoms with Crippen molar-refractivity contribution < 1.29 is 48.7 Å². The average molecular weight is 576 g/mol. The maximum Gasteiger partial charge on any atom is 0.466 e. The summed E-state index contributed by atoms with van der Waals surface area (Å²) in [7, 11) is -9.28. The standard InChI is InChI=1S/C27H24O2.2H3O4P/c28-26(23-15-7-2-8-16-23,21-22-13-5-1-6-14-22)27(29,24-17-9-3-10-18-24)25-19-11-4-12-20-25;2*1-5(2,3)4/h1-20,28-29H,21H2;2*(H3,1,2,3,4). The van der Waals surface area contributed by atoms with E-state index in [1.54, 1.807) is 0 Å². The summed E-state index contributed by atoms with van der Waals surface area (Å²) in [6, 6.07) is 38.1. The third kappa shape index (κ3) is 10.3. The molecule has 0 aliphatic rings. The molecule has 0 fully saturated rings. The van der Waals surface area contributed by atoms with Crippen LogP contribution in [0.4, 0.5) is 0 Å². The van der Waals surface area contributed by atoms with Gasteiger partial charge < -0.3 is 39.6 Å². The van der Waals surface area contributed by atoms with Crippen LogP contribution in [-0.2, 0) is 26.8 Å². The highest BCUT2D eigenvalue weighted by molar-refractivity contribution is 7.45. The van der Waals surface area contributed by atoms with Crippen molar-refractivity contribution in [3.63, 3.8) is 0 Å². The molecule has 0 saturated heterocycles. The highest BCUT2D eigenvalue weighted by atomic mass is 31.2. The largest absolute Gasteiger partial charge is 0.466 e. The Labute approximate surface area is 225 Å². The van der Waals surface area contributed by atoms with E-state index in [1.165, 1.54) is 0 Å². The number of phosphoric acid groups is 2. The number of aliphatic hydroxyl groups is 2. The molecule has 0 aromatic heterocycles. The summed E-state index contributed by atoms with van der Waals surface area (Å²) in [6.45, 7) is 0. The van der Waals surface area contributed by atoms with Crippen LogP contribution in [0.3, 0.4) is 0 Å². The van der Waals surface area contributed by atoms with E-state index in [1.807, 2.05) is 121 Å². The maximum atomic E-state index is 12.3.